The van der Waals surface area contributed by atoms with Crippen molar-refractivity contribution in [3.8, 4) is 17.1 Å². The zero-order valence-corrected chi connectivity index (χ0v) is 46.1. The minimum Gasteiger partial charge on any atom is -0.478 e. The molecule has 0 bridgehead atoms. The number of pyridine rings is 2. The summed E-state index contributed by atoms with van der Waals surface area (Å²) in [5, 5.41) is 32.0. The summed E-state index contributed by atoms with van der Waals surface area (Å²) in [4.78, 5) is 136. The lowest BCUT2D eigenvalue weighted by molar-refractivity contribution is -0.172. The van der Waals surface area contributed by atoms with Gasteiger partial charge in [-0.3, -0.25) is 24.0 Å². The van der Waals surface area contributed by atoms with Crippen LogP contribution in [0.1, 0.15) is 101 Å². The molecule has 0 spiro atoms. The Hall–Kier alpha value is -8.67. The average Bonchev–Trinajstić information content (AvgIpc) is 3.90. The zero-order chi connectivity index (χ0) is 58.7. The molecule has 3 atom stereocenters. The number of benzene rings is 2. The van der Waals surface area contributed by atoms with Gasteiger partial charge in [0.05, 0.1) is 29.0 Å². The second-order valence-corrected chi connectivity index (χ2v) is 20.3. The zero-order valence-electron chi connectivity index (χ0n) is 46.1. The van der Waals surface area contributed by atoms with Gasteiger partial charge < -0.3 is 65.8 Å². The highest BCUT2D eigenvalue weighted by Crippen LogP contribution is 2.41. The molecule has 80 heavy (non-hydrogen) atoms. The van der Waals surface area contributed by atoms with Gasteiger partial charge in [0.25, 0.3) is 5.56 Å². The molecule has 0 saturated carbocycles. The number of allylic oxidation sites excluding steroid dienone is 1. The standard InChI is InChI=1S/C56H69N9O15/c1-9-36-37-25-35(18-19-41(37)60-47-38(36)27-65-43(47)26-40-39(50(65)70)29-78-52(73)56(40,77)10-2)80-55(76)64(8)23-22-63(7)54(75)79-28-32-13-16-34(17-14-32)59-48(68)42(12-11-21-58-53(57)74)61-49(69)46(31(5)6)62-45(67)20-15-33(51(71)72)24-44(66)30(3)4/h13-14,16-19,24-26,30-31,42,46,77H,9-12,15,20-23,27-29H2,1-8H3,(H,59,68)(H,61,69)(H,62,67)(H,71,72)(H3,57,58,74)/b33-24-/t42-,46-,56-/m0/s1. The van der Waals surface area contributed by atoms with Gasteiger partial charge in [-0.2, -0.15) is 0 Å². The first-order valence-electron chi connectivity index (χ1n) is 26.3. The van der Waals surface area contributed by atoms with Crippen molar-refractivity contribution in [3.05, 3.63) is 98.4 Å². The number of hydrogen-bond donors (Lipinski definition) is 7. The molecule has 2 aromatic carbocycles. The number of aryl methyl sites for hydroxylation is 1. The number of primary amides is 1. The highest BCUT2D eigenvalue weighted by molar-refractivity contribution is 6.01. The van der Waals surface area contributed by atoms with Crippen LogP contribution in [0.2, 0.25) is 0 Å². The molecule has 0 aliphatic carbocycles. The first-order chi connectivity index (χ1) is 37.9. The highest BCUT2D eigenvalue weighted by atomic mass is 16.6. The Balaban J connectivity index is 1.00. The number of aromatic nitrogens is 2. The first-order valence-corrected chi connectivity index (χ1v) is 26.3. The van der Waals surface area contributed by atoms with Crippen LogP contribution in [0.3, 0.4) is 0 Å². The molecule has 4 heterocycles. The maximum Gasteiger partial charge on any atom is 0.415 e. The van der Waals surface area contributed by atoms with Gasteiger partial charge in [0.2, 0.25) is 17.7 Å². The van der Waals surface area contributed by atoms with Crippen molar-refractivity contribution in [1.29, 1.82) is 0 Å². The van der Waals surface area contributed by atoms with E-state index in [1.165, 1.54) is 23.9 Å². The summed E-state index contributed by atoms with van der Waals surface area (Å²) >= 11 is 0. The number of hydrogen-bond acceptors (Lipinski definition) is 15. The first kappa shape index (κ1) is 60.6. The van der Waals surface area contributed by atoms with Crippen molar-refractivity contribution >= 4 is 70.3 Å². The van der Waals surface area contributed by atoms with Crippen molar-refractivity contribution < 1.29 is 67.6 Å². The number of esters is 1. The van der Waals surface area contributed by atoms with Crippen LogP contribution in [-0.4, -0.2) is 129 Å². The van der Waals surface area contributed by atoms with Crippen molar-refractivity contribution in [2.24, 2.45) is 17.6 Å². The molecule has 4 aromatic rings. The molecule has 428 valence electrons. The van der Waals surface area contributed by atoms with Gasteiger partial charge in [-0.15, -0.1) is 0 Å². The average molecular weight is 1110 g/mol. The van der Waals surface area contributed by atoms with Crippen molar-refractivity contribution in [2.75, 3.05) is 39.0 Å². The summed E-state index contributed by atoms with van der Waals surface area (Å²) in [5.74, 6) is -5.18. The number of aliphatic carboxylic acids is 1. The fraction of sp³-hybridized carbons (Fsp3) is 0.446. The maximum atomic E-state index is 13.7. The SMILES string of the molecule is CCc1c2c(nc3ccc(OC(=O)N(C)CCN(C)C(=O)OCc4ccc(NC(=O)[C@H](CCCNC(N)=O)NC(=O)[C@@H](NC(=O)CC/C(=C/C(=O)C(C)C)C(=O)O)C(C)C)cc4)cc13)-c1cc3c(c(=O)n1C2)COC(=O)[C@]3(O)CC. The fourth-order valence-electron chi connectivity index (χ4n) is 9.09. The van der Waals surface area contributed by atoms with E-state index in [1.54, 1.807) is 87.7 Å². The molecule has 24 nitrogen and oxygen atoms in total. The van der Waals surface area contributed by atoms with Crippen LogP contribution in [0.5, 0.6) is 5.75 Å². The number of fused-ring (bicyclic) bond motifs is 5. The number of rotatable bonds is 24. The molecule has 6 rings (SSSR count). The lowest BCUT2D eigenvalue weighted by Gasteiger charge is -2.31. The molecule has 0 fully saturated rings. The maximum absolute atomic E-state index is 13.7. The van der Waals surface area contributed by atoms with E-state index in [2.05, 4.69) is 21.3 Å². The Morgan fingerprint density at radius 2 is 1.59 bits per heavy atom. The number of nitrogens with two attached hydrogens (primary N) is 1. The number of cyclic esters (lactones) is 1. The number of amides is 7. The van der Waals surface area contributed by atoms with Gasteiger partial charge in [0.1, 0.15) is 31.0 Å². The van der Waals surface area contributed by atoms with Gasteiger partial charge in [-0.1, -0.05) is 53.7 Å². The summed E-state index contributed by atoms with van der Waals surface area (Å²) in [6.45, 7) is 10.3. The number of likely N-dealkylation sites (N-methyl/N-ethyl adjacent to an activating group) is 2. The predicted molar refractivity (Wildman–Crippen MR) is 291 cm³/mol. The minimum atomic E-state index is -1.96. The Morgan fingerprint density at radius 1 is 0.900 bits per heavy atom. The normalized spacial score (nSPS) is 15.1. The van der Waals surface area contributed by atoms with E-state index in [0.29, 0.717) is 34.6 Å². The molecule has 24 heteroatoms. The Morgan fingerprint density at radius 3 is 2.21 bits per heavy atom. The fourth-order valence-corrected chi connectivity index (χ4v) is 9.09. The van der Waals surface area contributed by atoms with E-state index in [0.717, 1.165) is 22.6 Å². The van der Waals surface area contributed by atoms with E-state index >= 15 is 0 Å². The summed E-state index contributed by atoms with van der Waals surface area (Å²) in [6.07, 6.45) is -0.110. The van der Waals surface area contributed by atoms with Gasteiger partial charge in [-0.05, 0) is 91.6 Å². The van der Waals surface area contributed by atoms with Crippen LogP contribution < -0.4 is 37.3 Å². The van der Waals surface area contributed by atoms with E-state index in [4.69, 9.17) is 24.9 Å². The van der Waals surface area contributed by atoms with E-state index in [9.17, 15) is 58.2 Å². The molecule has 2 aliphatic heterocycles. The van der Waals surface area contributed by atoms with Crippen LogP contribution in [0.25, 0.3) is 22.3 Å². The third-order valence-corrected chi connectivity index (χ3v) is 14.0. The number of carboxylic acid groups (broad SMARTS) is 1. The summed E-state index contributed by atoms with van der Waals surface area (Å²) in [6, 6.07) is 9.98. The Kier molecular flexibility index (Phi) is 19.9. The molecule has 7 amide bonds. The van der Waals surface area contributed by atoms with Gasteiger partial charge in [0.15, 0.2) is 11.4 Å². The van der Waals surface area contributed by atoms with Gasteiger partial charge in [-0.25, -0.2) is 29.0 Å². The van der Waals surface area contributed by atoms with E-state index in [1.807, 2.05) is 6.92 Å². The lowest BCUT2D eigenvalue weighted by atomic mass is 9.86. The molecular formula is C56H69N9O15. The number of urea groups is 1. The van der Waals surface area contributed by atoms with E-state index < -0.39 is 83.2 Å². The van der Waals surface area contributed by atoms with Crippen LogP contribution in [-0.2, 0) is 70.0 Å². The van der Waals surface area contributed by atoms with E-state index in [-0.39, 0.29) is 99.5 Å². The minimum absolute atomic E-state index is 0.0201. The number of nitrogens with zero attached hydrogens (tertiary/aromatic N) is 4. The Labute approximate surface area is 461 Å². The monoisotopic (exact) mass is 1110 g/mol. The topological polar surface area (TPSA) is 337 Å². The van der Waals surface area contributed by atoms with Crippen molar-refractivity contribution in [2.45, 2.75) is 118 Å². The summed E-state index contributed by atoms with van der Waals surface area (Å²) < 4.78 is 18.0. The molecular weight excluding hydrogens is 1040 g/mol. The third-order valence-electron chi connectivity index (χ3n) is 14.0. The number of carbonyl (C=O) groups excluding carboxylic acids is 8. The number of aliphatic hydroxyl groups is 1. The Bertz CT molecular complexity index is 3170. The molecule has 0 unspecified atom stereocenters. The quantitative estimate of drug-likeness (QED) is 0.0256. The van der Waals surface area contributed by atoms with Gasteiger partial charge in [0, 0.05) is 73.8 Å². The van der Waals surface area contributed by atoms with Crippen LogP contribution in [0.15, 0.2) is 65.0 Å². The molecule has 2 aliphatic rings. The second-order valence-electron chi connectivity index (χ2n) is 20.3. The molecule has 0 saturated heterocycles. The largest absolute Gasteiger partial charge is 0.478 e. The number of ketones is 1. The number of ether oxygens (including phenoxy) is 3. The molecule has 2 aromatic heterocycles. The number of nitrogens with one attached hydrogen (secondary N) is 4. The second kappa shape index (κ2) is 26.3. The van der Waals surface area contributed by atoms with Crippen molar-refractivity contribution in [1.82, 2.24) is 35.3 Å². The third kappa shape index (κ3) is 14.3. The predicted octanol–water partition coefficient (Wildman–Crippen LogP) is 4.37. The van der Waals surface area contributed by atoms with Gasteiger partial charge >= 0.3 is 30.2 Å². The molecule has 8 N–H and O–H groups in total. The molecule has 0 radical (unpaired) electrons. The lowest BCUT2D eigenvalue weighted by Crippen LogP contribution is -2.54. The van der Waals surface area contributed by atoms with Crippen LogP contribution in [0, 0.1) is 11.8 Å². The highest BCUT2D eigenvalue weighted by Gasteiger charge is 2.45. The number of carboxylic acids is 1. The summed E-state index contributed by atoms with van der Waals surface area (Å²) in [7, 11) is 3.02. The van der Waals surface area contributed by atoms with Crippen molar-refractivity contribution in [3.63, 3.8) is 0 Å². The summed E-state index contributed by atoms with van der Waals surface area (Å²) in [5.41, 5.74) is 7.27. The van der Waals surface area contributed by atoms with Crippen LogP contribution in [0.4, 0.5) is 20.1 Å². The number of anilines is 1. The smallest absolute Gasteiger partial charge is 0.415 e. The van der Waals surface area contributed by atoms with Crippen LogP contribution >= 0.6 is 0 Å². The number of carbonyl (C=O) groups is 9.